The monoisotopic (exact) mass is 347 g/mol. The van der Waals surface area contributed by atoms with Crippen molar-refractivity contribution < 1.29 is 20.7 Å². The number of rotatable bonds is 0. The molecule has 0 aliphatic carbocycles. The first-order valence-electron chi connectivity index (χ1n) is 0.228. The third-order valence-electron chi connectivity index (χ3n) is 0. The van der Waals surface area contributed by atoms with E-state index in [-0.39, 0.29) is 54.9 Å². The molecule has 0 aromatic carbocycles. The third kappa shape index (κ3) is 29.0. The van der Waals surface area contributed by atoms with E-state index in [1.807, 2.05) is 0 Å². The first-order valence-corrected chi connectivity index (χ1v) is 4.88. The molecule has 6 heavy (non-hydrogen) atoms. The first kappa shape index (κ1) is 23.2. The molecule has 0 atom stereocenters. The molecule has 0 amide bonds. The number of halogens is 4. The molecule has 0 aromatic rings. The summed E-state index contributed by atoms with van der Waals surface area (Å²) in [6.07, 6.45) is 0. The van der Waals surface area contributed by atoms with Crippen LogP contribution in [0.2, 0.25) is 0 Å². The van der Waals surface area contributed by atoms with E-state index in [9.17, 15) is 0 Å². The van der Waals surface area contributed by atoms with E-state index in [0.717, 1.165) is 0 Å². The summed E-state index contributed by atoms with van der Waals surface area (Å²) < 4.78 is 0. The van der Waals surface area contributed by atoms with Crippen LogP contribution in [0.3, 0.4) is 0 Å². The van der Waals surface area contributed by atoms with E-state index in [1.54, 1.807) is 0 Å². The Labute approximate surface area is 92.4 Å². The van der Waals surface area contributed by atoms with Gasteiger partial charge in [0.05, 0.1) is 0 Å². The van der Waals surface area contributed by atoms with Crippen LogP contribution in [0.15, 0.2) is 0 Å². The zero-order valence-corrected chi connectivity index (χ0v) is 10.1. The van der Waals surface area contributed by atoms with E-state index < -0.39 is 0 Å². The minimum Gasteiger partial charge on any atom is -1.00 e. The predicted octanol–water partition coefficient (Wildman–Crippen LogP) is -4.68. The number of hydrogen-bond donors (Lipinski definition) is 0. The Morgan fingerprint density at radius 1 is 1.00 bits per heavy atom. The van der Waals surface area contributed by atoms with Crippen LogP contribution in [-0.2, 0) is 11.3 Å². The van der Waals surface area contributed by atoms with Gasteiger partial charge in [0.2, 0.25) is 0 Å². The van der Waals surface area contributed by atoms with Gasteiger partial charge in [-0.3, -0.25) is 0 Å². The van der Waals surface area contributed by atoms with Crippen LogP contribution < -0.4 is 9.41 Å². The van der Waals surface area contributed by atoms with Gasteiger partial charge in [-0.05, 0) is 0 Å². The summed E-state index contributed by atoms with van der Waals surface area (Å²) in [7, 11) is 0. The van der Waals surface area contributed by atoms with Gasteiger partial charge in [0.1, 0.15) is 0 Å². The minimum atomic E-state index is 0. The summed E-state index contributed by atoms with van der Waals surface area (Å²) in [6.45, 7) is 0. The fourth-order valence-electron chi connectivity index (χ4n) is 0. The fourth-order valence-corrected chi connectivity index (χ4v) is 0. The van der Waals surface area contributed by atoms with Crippen molar-refractivity contribution >= 4 is 73.7 Å². The smallest absolute Gasteiger partial charge is 1.00 e. The molecular formula is Br2CuF2Sr. The topological polar surface area (TPSA) is 0 Å². The Bertz CT molecular complexity index is 11.5. The molecule has 0 aromatic heterocycles. The molecule has 0 saturated heterocycles. The summed E-state index contributed by atoms with van der Waals surface area (Å²) in [5.74, 6) is 0. The van der Waals surface area contributed by atoms with Crippen LogP contribution in [-0.4, -0.2) is 45.5 Å². The van der Waals surface area contributed by atoms with Crippen molar-refractivity contribution in [2.75, 3.05) is 0 Å². The average molecular weight is 349 g/mol. The van der Waals surface area contributed by atoms with Crippen molar-refractivity contribution in [2.24, 2.45) is 0 Å². The molecule has 0 rings (SSSR count). The predicted molar refractivity (Wildman–Crippen MR) is 23.6 cm³/mol. The maximum Gasteiger partial charge on any atom is 2.00 e. The van der Waals surface area contributed by atoms with Crippen molar-refractivity contribution in [3.63, 3.8) is 0 Å². The summed E-state index contributed by atoms with van der Waals surface area (Å²) in [4.78, 5) is 0. The molecule has 41 valence electrons. The van der Waals surface area contributed by atoms with Crippen LogP contribution in [0, 0.1) is 0 Å². The van der Waals surface area contributed by atoms with Gasteiger partial charge in [-0.1, -0.05) is 0 Å². The number of hydrogen-bond acceptors (Lipinski definition) is 0. The van der Waals surface area contributed by atoms with Crippen LogP contribution in [0.25, 0.3) is 0 Å². The zero-order chi connectivity index (χ0) is 2.71. The second-order valence-electron chi connectivity index (χ2n) is 0.0431. The third-order valence-corrected chi connectivity index (χ3v) is 0. The summed E-state index contributed by atoms with van der Waals surface area (Å²) >= 11 is 7.38. The van der Waals surface area contributed by atoms with Crippen LogP contribution in [0.1, 0.15) is 0 Å². The van der Waals surface area contributed by atoms with Crippen molar-refractivity contribution in [2.45, 2.75) is 0 Å². The molecular weight excluding hydrogens is 349 g/mol. The maximum absolute atomic E-state index is 2.97. The summed E-state index contributed by atoms with van der Waals surface area (Å²) in [5, 5.41) is 0. The summed E-state index contributed by atoms with van der Waals surface area (Å²) in [6, 6.07) is 0. The van der Waals surface area contributed by atoms with Gasteiger partial charge >= 0.3 is 85.0 Å². The van der Waals surface area contributed by atoms with E-state index in [0.29, 0.717) is 0 Å². The van der Waals surface area contributed by atoms with Gasteiger partial charge in [-0.2, -0.15) is 0 Å². The van der Waals surface area contributed by atoms with E-state index in [2.05, 4.69) is 28.2 Å². The maximum atomic E-state index is 2.97. The van der Waals surface area contributed by atoms with E-state index >= 15 is 0 Å². The van der Waals surface area contributed by atoms with Gasteiger partial charge in [0.25, 0.3) is 0 Å². The van der Waals surface area contributed by atoms with Crippen LogP contribution in [0.4, 0.5) is 0 Å². The Hall–Kier alpha value is 2.82. The largest absolute Gasteiger partial charge is 2.00 e. The standard InChI is InChI=1S/2BrH.Cu.2FH.Sr/h2*1H;;2*1H;/q;;+2;;;+2/p-4. The summed E-state index contributed by atoms with van der Waals surface area (Å²) in [5.41, 5.74) is 0. The molecule has 0 radical (unpaired) electrons. The van der Waals surface area contributed by atoms with Crippen molar-refractivity contribution in [1.29, 1.82) is 0 Å². The van der Waals surface area contributed by atoms with Gasteiger partial charge in [0, 0.05) is 0 Å². The molecule has 0 N–H and O–H groups in total. The molecule has 6 heteroatoms. The zero-order valence-electron chi connectivity index (χ0n) is 2.52. The van der Waals surface area contributed by atoms with Gasteiger partial charge in [-0.25, -0.2) is 0 Å². The Kier molecular flexibility index (Phi) is 96.4. The molecule has 0 aliphatic rings. The minimum absolute atomic E-state index is 0. The van der Waals surface area contributed by atoms with Crippen molar-refractivity contribution in [3.05, 3.63) is 0 Å². The molecule has 0 fully saturated rings. The molecule has 0 heterocycles. The second kappa shape index (κ2) is 24.9. The Morgan fingerprint density at radius 3 is 1.00 bits per heavy atom. The average Bonchev–Trinajstić information content (AvgIpc) is 0.918. The molecule has 0 aliphatic heterocycles. The van der Waals surface area contributed by atoms with E-state index in [1.165, 1.54) is 11.3 Å². The van der Waals surface area contributed by atoms with Gasteiger partial charge < -0.3 is 9.41 Å². The molecule has 0 saturated carbocycles. The quantitative estimate of drug-likeness (QED) is 0.386. The SMILES string of the molecule is [Br][Cu][Br].[F-].[F-].[Sr+2]. The van der Waals surface area contributed by atoms with Crippen LogP contribution >= 0.6 is 28.2 Å². The molecule has 0 nitrogen and oxygen atoms in total. The van der Waals surface area contributed by atoms with Crippen molar-refractivity contribution in [1.82, 2.24) is 0 Å². The molecule has 0 spiro atoms. The molecule has 0 unspecified atom stereocenters. The van der Waals surface area contributed by atoms with E-state index in [4.69, 9.17) is 0 Å². The fraction of sp³-hybridized carbons (Fsp3) is 0. The molecule has 0 bridgehead atoms. The van der Waals surface area contributed by atoms with Gasteiger partial charge in [-0.15, -0.1) is 0 Å². The second-order valence-corrected chi connectivity index (χ2v) is 4.80. The Balaban J connectivity index is -0.00000000667. The normalized spacial score (nSPS) is 3.67. The Morgan fingerprint density at radius 2 is 1.00 bits per heavy atom. The van der Waals surface area contributed by atoms with Gasteiger partial charge in [0.15, 0.2) is 0 Å². The van der Waals surface area contributed by atoms with Crippen LogP contribution in [0.5, 0.6) is 0 Å². The van der Waals surface area contributed by atoms with Crippen molar-refractivity contribution in [3.8, 4) is 0 Å². The first-order chi connectivity index (χ1) is 1.41.